The van der Waals surface area contributed by atoms with E-state index in [1.54, 1.807) is 14.2 Å². The van der Waals surface area contributed by atoms with E-state index >= 15 is 0 Å². The first-order chi connectivity index (χ1) is 11.1. The Balaban J connectivity index is 1.87. The van der Waals surface area contributed by atoms with Gasteiger partial charge in [-0.2, -0.15) is 0 Å². The van der Waals surface area contributed by atoms with Gasteiger partial charge in [0.25, 0.3) is 0 Å². The Kier molecular flexibility index (Phi) is 3.46. The molecule has 1 aliphatic carbocycles. The summed E-state index contributed by atoms with van der Waals surface area (Å²) in [5.74, 6) is 1.36. The van der Waals surface area contributed by atoms with Crippen molar-refractivity contribution in [3.63, 3.8) is 0 Å². The predicted molar refractivity (Wildman–Crippen MR) is 86.4 cm³/mol. The van der Waals surface area contributed by atoms with Crippen molar-refractivity contribution < 1.29 is 19.3 Å². The number of methoxy groups -OCH3 is 3. The number of rotatable bonds is 3. The average molecular weight is 319 g/mol. The van der Waals surface area contributed by atoms with Crippen LogP contribution in [0.2, 0.25) is 0 Å². The Morgan fingerprint density at radius 1 is 1.22 bits per heavy atom. The largest absolute Gasteiger partial charge is 0.504 e. The molecule has 1 saturated heterocycles. The number of benzene rings is 1. The zero-order valence-corrected chi connectivity index (χ0v) is 14.1. The van der Waals surface area contributed by atoms with Crippen molar-refractivity contribution in [3.8, 4) is 17.2 Å². The molecule has 1 saturated carbocycles. The number of phenols is 1. The molecule has 126 valence electrons. The molecule has 2 bridgehead atoms. The molecule has 5 nitrogen and oxygen atoms in total. The summed E-state index contributed by atoms with van der Waals surface area (Å²) < 4.78 is 16.5. The van der Waals surface area contributed by atoms with Gasteiger partial charge in [-0.1, -0.05) is 0 Å². The Hall–Kier alpha value is -1.46. The van der Waals surface area contributed by atoms with E-state index in [1.807, 2.05) is 13.2 Å². The van der Waals surface area contributed by atoms with Gasteiger partial charge in [0.1, 0.15) is 0 Å². The Bertz CT molecular complexity index is 632. The number of nitrogens with zero attached hydrogens (tertiary/aromatic N) is 1. The van der Waals surface area contributed by atoms with Gasteiger partial charge in [0.2, 0.25) is 5.75 Å². The second kappa shape index (κ2) is 5.28. The van der Waals surface area contributed by atoms with Crippen LogP contribution in [-0.2, 0) is 16.7 Å². The normalized spacial score (nSPS) is 34.7. The molecule has 0 amide bonds. The van der Waals surface area contributed by atoms with Gasteiger partial charge in [0, 0.05) is 30.7 Å². The van der Waals surface area contributed by atoms with Crippen LogP contribution >= 0.6 is 0 Å². The molecule has 0 aromatic heterocycles. The molecule has 1 aromatic rings. The maximum atomic E-state index is 11.0. The molecular formula is C18H25NO4. The van der Waals surface area contributed by atoms with Gasteiger partial charge in [-0.05, 0) is 43.9 Å². The lowest BCUT2D eigenvalue weighted by Gasteiger charge is -2.49. The minimum Gasteiger partial charge on any atom is -0.504 e. The second-order valence-electron chi connectivity index (χ2n) is 7.02. The summed E-state index contributed by atoms with van der Waals surface area (Å²) in [7, 11) is 5.01. The molecule has 1 aromatic carbocycles. The molecule has 23 heavy (non-hydrogen) atoms. The molecule has 3 aliphatic rings. The van der Waals surface area contributed by atoms with Gasteiger partial charge < -0.3 is 19.3 Å². The highest BCUT2D eigenvalue weighted by atomic mass is 16.5. The van der Waals surface area contributed by atoms with Gasteiger partial charge in [-0.15, -0.1) is 0 Å². The quantitative estimate of drug-likeness (QED) is 0.927. The zero-order valence-electron chi connectivity index (χ0n) is 14.1. The van der Waals surface area contributed by atoms with Crippen molar-refractivity contribution in [2.45, 2.75) is 49.8 Å². The average Bonchev–Trinajstić information content (AvgIpc) is 2.84. The van der Waals surface area contributed by atoms with E-state index in [9.17, 15) is 5.11 Å². The molecule has 2 heterocycles. The summed E-state index contributed by atoms with van der Waals surface area (Å²) in [5, 5.41) is 11.0. The smallest absolute Gasteiger partial charge is 0.203 e. The van der Waals surface area contributed by atoms with Crippen molar-refractivity contribution >= 4 is 0 Å². The van der Waals surface area contributed by atoms with Crippen molar-refractivity contribution in [2.24, 2.45) is 0 Å². The van der Waals surface area contributed by atoms with Crippen LogP contribution in [0.1, 0.15) is 36.8 Å². The third-order valence-electron chi connectivity index (χ3n) is 6.25. The highest BCUT2D eigenvalue weighted by Gasteiger charge is 2.56. The maximum Gasteiger partial charge on any atom is 0.203 e. The summed E-state index contributed by atoms with van der Waals surface area (Å²) in [6.07, 6.45) is 4.59. The SMILES string of the molecule is COc1cc2c(c(O)c1OC)[C@@]13CC[C@H](OC)C[C@H]1N(CC3)C2. The maximum absolute atomic E-state index is 11.0. The lowest BCUT2D eigenvalue weighted by molar-refractivity contribution is 0.00848. The highest BCUT2D eigenvalue weighted by Crippen LogP contribution is 2.58. The second-order valence-corrected chi connectivity index (χ2v) is 7.02. The topological polar surface area (TPSA) is 51.2 Å². The molecule has 2 aliphatic heterocycles. The molecule has 2 fully saturated rings. The van der Waals surface area contributed by atoms with Gasteiger partial charge >= 0.3 is 0 Å². The Morgan fingerprint density at radius 3 is 2.74 bits per heavy atom. The molecule has 5 heteroatoms. The molecule has 0 radical (unpaired) electrons. The number of hydrogen-bond acceptors (Lipinski definition) is 5. The summed E-state index contributed by atoms with van der Waals surface area (Å²) in [6.45, 7) is 1.95. The summed E-state index contributed by atoms with van der Waals surface area (Å²) in [5.41, 5.74) is 2.32. The molecule has 1 unspecified atom stereocenters. The molecule has 1 N–H and O–H groups in total. The third-order valence-corrected chi connectivity index (χ3v) is 6.25. The highest BCUT2D eigenvalue weighted by molar-refractivity contribution is 5.62. The molecule has 4 atom stereocenters. The summed E-state index contributed by atoms with van der Waals surface area (Å²) in [4.78, 5) is 2.55. The minimum absolute atomic E-state index is 0.0340. The Labute approximate surface area is 137 Å². The van der Waals surface area contributed by atoms with Crippen molar-refractivity contribution in [1.29, 1.82) is 0 Å². The van der Waals surface area contributed by atoms with Crippen molar-refractivity contribution in [2.75, 3.05) is 27.9 Å². The predicted octanol–water partition coefficient (Wildman–Crippen LogP) is 2.43. The third kappa shape index (κ3) is 1.93. The van der Waals surface area contributed by atoms with E-state index < -0.39 is 0 Å². The van der Waals surface area contributed by atoms with Crippen molar-refractivity contribution in [1.82, 2.24) is 4.90 Å². The van der Waals surface area contributed by atoms with Crippen LogP contribution in [0, 0.1) is 0 Å². The van der Waals surface area contributed by atoms with E-state index in [-0.39, 0.29) is 11.2 Å². The first-order valence-corrected chi connectivity index (χ1v) is 8.38. The number of aromatic hydroxyl groups is 1. The van der Waals surface area contributed by atoms with Crippen LogP contribution in [0.15, 0.2) is 6.07 Å². The van der Waals surface area contributed by atoms with Crippen LogP contribution < -0.4 is 9.47 Å². The van der Waals surface area contributed by atoms with E-state index in [2.05, 4.69) is 4.90 Å². The number of ether oxygens (including phenoxy) is 3. The fourth-order valence-corrected chi connectivity index (χ4v) is 5.21. The van der Waals surface area contributed by atoms with Crippen LogP contribution in [-0.4, -0.2) is 50.0 Å². The van der Waals surface area contributed by atoms with Crippen LogP contribution in [0.25, 0.3) is 0 Å². The van der Waals surface area contributed by atoms with Gasteiger partial charge in [0.15, 0.2) is 11.5 Å². The van der Waals surface area contributed by atoms with E-state index in [4.69, 9.17) is 14.2 Å². The summed E-state index contributed by atoms with van der Waals surface area (Å²) >= 11 is 0. The van der Waals surface area contributed by atoms with Crippen LogP contribution in [0.5, 0.6) is 17.2 Å². The van der Waals surface area contributed by atoms with E-state index in [0.717, 1.165) is 44.3 Å². The van der Waals surface area contributed by atoms with Crippen LogP contribution in [0.3, 0.4) is 0 Å². The zero-order chi connectivity index (χ0) is 16.2. The molecule has 0 spiro atoms. The fraction of sp³-hybridized carbons (Fsp3) is 0.667. The first-order valence-electron chi connectivity index (χ1n) is 8.38. The van der Waals surface area contributed by atoms with Crippen molar-refractivity contribution in [3.05, 3.63) is 17.2 Å². The van der Waals surface area contributed by atoms with Gasteiger partial charge in [-0.3, -0.25) is 4.90 Å². The number of phenolic OH excluding ortho intramolecular Hbond substituents is 1. The van der Waals surface area contributed by atoms with E-state index in [0.29, 0.717) is 23.6 Å². The lowest BCUT2D eigenvalue weighted by atomic mass is 9.62. The monoisotopic (exact) mass is 319 g/mol. The summed E-state index contributed by atoms with van der Waals surface area (Å²) in [6, 6.07) is 2.50. The molecule has 4 rings (SSSR count). The fourth-order valence-electron chi connectivity index (χ4n) is 5.21. The van der Waals surface area contributed by atoms with Gasteiger partial charge in [0.05, 0.1) is 20.3 Å². The van der Waals surface area contributed by atoms with Crippen LogP contribution in [0.4, 0.5) is 0 Å². The standard InChI is InChI=1S/C18H25NO4/c1-21-12-4-5-18-6-7-19(14(18)9-12)10-11-8-13(22-2)17(23-3)16(20)15(11)18/h8,12,14,20H,4-7,9-10H2,1-3H3/t12-,14+,18+/m0/s1. The molecular weight excluding hydrogens is 294 g/mol. The first kappa shape index (κ1) is 15.1. The Morgan fingerprint density at radius 2 is 2.04 bits per heavy atom. The number of fused-ring (bicyclic) bond motifs is 1. The van der Waals surface area contributed by atoms with E-state index in [1.165, 1.54) is 5.56 Å². The van der Waals surface area contributed by atoms with Gasteiger partial charge in [-0.25, -0.2) is 0 Å². The number of hydrogen-bond donors (Lipinski definition) is 1. The minimum atomic E-state index is 0.0340. The lowest BCUT2D eigenvalue weighted by Crippen LogP contribution is -2.51.